The lowest BCUT2D eigenvalue weighted by Gasteiger charge is -2.21. The normalized spacial score (nSPS) is 17.2. The Kier molecular flexibility index (Phi) is 4.50. The number of furan rings is 1. The molecular weight excluding hydrogens is 278 g/mol. The minimum Gasteiger partial charge on any atom is -0.493 e. The van der Waals surface area contributed by atoms with E-state index in [1.54, 1.807) is 25.3 Å². The van der Waals surface area contributed by atoms with Gasteiger partial charge in [0.15, 0.2) is 0 Å². The lowest BCUT2D eigenvalue weighted by atomic mass is 10.0. The predicted octanol–water partition coefficient (Wildman–Crippen LogP) is 3.07. The molecule has 1 heterocycles. The molecule has 118 valence electrons. The van der Waals surface area contributed by atoms with Gasteiger partial charge < -0.3 is 19.6 Å². The van der Waals surface area contributed by atoms with Crippen LogP contribution in [0.3, 0.4) is 0 Å². The van der Waals surface area contributed by atoms with Gasteiger partial charge in [-0.05, 0) is 43.9 Å². The Morgan fingerprint density at radius 3 is 2.82 bits per heavy atom. The molecule has 1 aromatic heterocycles. The van der Waals surface area contributed by atoms with Gasteiger partial charge in [0.25, 0.3) is 0 Å². The molecular formula is C18H23NO3. The molecule has 4 nitrogen and oxygen atoms in total. The fraction of sp³-hybridized carbons (Fsp3) is 0.444. The summed E-state index contributed by atoms with van der Waals surface area (Å²) in [5, 5.41) is 13.7. The van der Waals surface area contributed by atoms with Gasteiger partial charge in [0.1, 0.15) is 17.1 Å². The average Bonchev–Trinajstić information content (AvgIpc) is 3.16. The zero-order valence-electron chi connectivity index (χ0n) is 12.9. The van der Waals surface area contributed by atoms with Crippen LogP contribution in [0.1, 0.15) is 31.1 Å². The molecule has 0 radical (unpaired) electrons. The van der Waals surface area contributed by atoms with Crippen LogP contribution in [0.25, 0.3) is 0 Å². The number of nitrogens with one attached hydrogen (secondary N) is 1. The standard InChI is InChI=1S/C18H23NO3/c1-18(20,17-7-4-10-21-17)13-19-11-15-5-2-3-6-16(15)22-12-14-8-9-14/h2-7,10,14,19-20H,8-9,11-13H2,1H3. The van der Waals surface area contributed by atoms with Gasteiger partial charge in [-0.3, -0.25) is 0 Å². The monoisotopic (exact) mass is 301 g/mol. The molecule has 2 N–H and O–H groups in total. The van der Waals surface area contributed by atoms with E-state index in [1.165, 1.54) is 12.8 Å². The summed E-state index contributed by atoms with van der Waals surface area (Å²) in [7, 11) is 0. The molecule has 0 spiro atoms. The summed E-state index contributed by atoms with van der Waals surface area (Å²) in [6.07, 6.45) is 4.14. The van der Waals surface area contributed by atoms with Gasteiger partial charge in [-0.2, -0.15) is 0 Å². The van der Waals surface area contributed by atoms with Crippen molar-refractivity contribution in [3.05, 3.63) is 54.0 Å². The predicted molar refractivity (Wildman–Crippen MR) is 84.6 cm³/mol. The third kappa shape index (κ3) is 3.90. The van der Waals surface area contributed by atoms with E-state index in [1.807, 2.05) is 18.2 Å². The van der Waals surface area contributed by atoms with E-state index in [2.05, 4.69) is 11.4 Å². The first-order chi connectivity index (χ1) is 10.6. The second-order valence-electron chi connectivity index (χ2n) is 6.22. The Labute approximate surface area is 131 Å². The van der Waals surface area contributed by atoms with Crippen molar-refractivity contribution in [3.63, 3.8) is 0 Å². The fourth-order valence-electron chi connectivity index (χ4n) is 2.40. The van der Waals surface area contributed by atoms with Gasteiger partial charge in [-0.1, -0.05) is 18.2 Å². The zero-order valence-corrected chi connectivity index (χ0v) is 12.9. The lowest BCUT2D eigenvalue weighted by Crippen LogP contribution is -2.34. The minimum absolute atomic E-state index is 0.414. The first-order valence-corrected chi connectivity index (χ1v) is 7.83. The second-order valence-corrected chi connectivity index (χ2v) is 6.22. The van der Waals surface area contributed by atoms with Crippen molar-refractivity contribution in [1.82, 2.24) is 5.32 Å². The lowest BCUT2D eigenvalue weighted by molar-refractivity contribution is 0.0340. The molecule has 2 aromatic rings. The molecule has 1 aliphatic carbocycles. The van der Waals surface area contributed by atoms with Crippen LogP contribution in [-0.4, -0.2) is 18.3 Å². The highest BCUT2D eigenvalue weighted by Gasteiger charge is 2.26. The highest BCUT2D eigenvalue weighted by atomic mass is 16.5. The molecule has 0 bridgehead atoms. The van der Waals surface area contributed by atoms with Crippen LogP contribution in [0.15, 0.2) is 47.1 Å². The molecule has 4 heteroatoms. The Morgan fingerprint density at radius 1 is 1.27 bits per heavy atom. The highest BCUT2D eigenvalue weighted by Crippen LogP contribution is 2.30. The van der Waals surface area contributed by atoms with Gasteiger partial charge in [-0.25, -0.2) is 0 Å². The van der Waals surface area contributed by atoms with Crippen LogP contribution in [0.2, 0.25) is 0 Å². The van der Waals surface area contributed by atoms with E-state index in [-0.39, 0.29) is 0 Å². The number of para-hydroxylation sites is 1. The molecule has 0 aliphatic heterocycles. The second kappa shape index (κ2) is 6.55. The van der Waals surface area contributed by atoms with Crippen LogP contribution >= 0.6 is 0 Å². The summed E-state index contributed by atoms with van der Waals surface area (Å²) in [4.78, 5) is 0. The summed E-state index contributed by atoms with van der Waals surface area (Å²) in [5.41, 5.74) is 0.0891. The van der Waals surface area contributed by atoms with Crippen LogP contribution in [-0.2, 0) is 12.1 Å². The van der Waals surface area contributed by atoms with E-state index in [0.29, 0.717) is 18.8 Å². The molecule has 1 saturated carbocycles. The topological polar surface area (TPSA) is 54.6 Å². The van der Waals surface area contributed by atoms with Gasteiger partial charge in [0.05, 0.1) is 12.9 Å². The average molecular weight is 301 g/mol. The third-order valence-corrected chi connectivity index (χ3v) is 3.98. The van der Waals surface area contributed by atoms with E-state index < -0.39 is 5.60 Å². The number of benzene rings is 1. The maximum atomic E-state index is 10.4. The summed E-state index contributed by atoms with van der Waals surface area (Å²) < 4.78 is 11.2. The Hall–Kier alpha value is -1.78. The van der Waals surface area contributed by atoms with Gasteiger partial charge in [0, 0.05) is 18.7 Å². The quantitative estimate of drug-likeness (QED) is 0.787. The molecule has 1 unspecified atom stereocenters. The van der Waals surface area contributed by atoms with Crippen LogP contribution in [0.5, 0.6) is 5.75 Å². The Bertz CT molecular complexity index is 588. The Morgan fingerprint density at radius 2 is 2.09 bits per heavy atom. The molecule has 1 aromatic carbocycles. The summed E-state index contributed by atoms with van der Waals surface area (Å²) >= 11 is 0. The fourth-order valence-corrected chi connectivity index (χ4v) is 2.40. The maximum Gasteiger partial charge on any atom is 0.136 e. The van der Waals surface area contributed by atoms with E-state index in [4.69, 9.17) is 9.15 Å². The summed E-state index contributed by atoms with van der Waals surface area (Å²) in [6.45, 7) is 3.62. The van der Waals surface area contributed by atoms with Crippen molar-refractivity contribution in [3.8, 4) is 5.75 Å². The SMILES string of the molecule is CC(O)(CNCc1ccccc1OCC1CC1)c1ccco1. The largest absolute Gasteiger partial charge is 0.493 e. The van der Waals surface area contributed by atoms with Crippen LogP contribution in [0.4, 0.5) is 0 Å². The molecule has 1 fully saturated rings. The molecule has 3 rings (SSSR count). The van der Waals surface area contributed by atoms with Gasteiger partial charge >= 0.3 is 0 Å². The number of rotatable bonds is 8. The zero-order chi connectivity index (χ0) is 15.4. The number of ether oxygens (including phenoxy) is 1. The highest BCUT2D eigenvalue weighted by molar-refractivity contribution is 5.33. The molecule has 1 atom stereocenters. The van der Waals surface area contributed by atoms with Crippen molar-refractivity contribution in [2.24, 2.45) is 5.92 Å². The third-order valence-electron chi connectivity index (χ3n) is 3.98. The molecule has 0 amide bonds. The molecule has 1 aliphatic rings. The first-order valence-electron chi connectivity index (χ1n) is 7.83. The summed E-state index contributed by atoms with van der Waals surface area (Å²) in [5.74, 6) is 2.23. The van der Waals surface area contributed by atoms with E-state index >= 15 is 0 Å². The van der Waals surface area contributed by atoms with Crippen molar-refractivity contribution in [1.29, 1.82) is 0 Å². The number of hydrogen-bond acceptors (Lipinski definition) is 4. The maximum absolute atomic E-state index is 10.4. The van der Waals surface area contributed by atoms with E-state index in [9.17, 15) is 5.11 Å². The van der Waals surface area contributed by atoms with Crippen LogP contribution < -0.4 is 10.1 Å². The van der Waals surface area contributed by atoms with Crippen molar-refractivity contribution >= 4 is 0 Å². The number of hydrogen-bond donors (Lipinski definition) is 2. The van der Waals surface area contributed by atoms with Crippen molar-refractivity contribution in [2.45, 2.75) is 31.9 Å². The van der Waals surface area contributed by atoms with E-state index in [0.717, 1.165) is 23.8 Å². The van der Waals surface area contributed by atoms with Crippen LogP contribution in [0, 0.1) is 5.92 Å². The molecule has 0 saturated heterocycles. The molecule has 22 heavy (non-hydrogen) atoms. The minimum atomic E-state index is -1.02. The van der Waals surface area contributed by atoms with Crippen molar-refractivity contribution in [2.75, 3.05) is 13.2 Å². The number of aliphatic hydroxyl groups is 1. The first kappa shape index (κ1) is 15.1. The van der Waals surface area contributed by atoms with Gasteiger partial charge in [0.2, 0.25) is 0 Å². The Balaban J connectivity index is 1.54. The van der Waals surface area contributed by atoms with Crippen molar-refractivity contribution < 1.29 is 14.3 Å². The smallest absolute Gasteiger partial charge is 0.136 e. The summed E-state index contributed by atoms with van der Waals surface area (Å²) in [6, 6.07) is 11.6. The van der Waals surface area contributed by atoms with Gasteiger partial charge in [-0.15, -0.1) is 0 Å².